The maximum absolute atomic E-state index is 6.28. The number of hydrogen-bond donors (Lipinski definition) is 0. The molecule has 0 amide bonds. The Balaban J connectivity index is 0.0000000753. The van der Waals surface area contributed by atoms with E-state index in [1.807, 2.05) is 0 Å². The van der Waals surface area contributed by atoms with Crippen LogP contribution in [0.4, 0.5) is 0 Å². The number of hydrogen-bond acceptors (Lipinski definition) is 5. The van der Waals surface area contributed by atoms with Crippen molar-refractivity contribution in [2.24, 2.45) is 0 Å². The summed E-state index contributed by atoms with van der Waals surface area (Å²) in [5, 5.41) is 33.6. The summed E-state index contributed by atoms with van der Waals surface area (Å²) in [5.74, 6) is 0. The zero-order chi connectivity index (χ0) is 78.0. The molecule has 0 saturated heterocycles. The van der Waals surface area contributed by atoms with Gasteiger partial charge in [-0.1, -0.05) is 127 Å². The number of benzene rings is 14. The Morgan fingerprint density at radius 3 is 1.12 bits per heavy atom. The first kappa shape index (κ1) is 63.1. The number of fused-ring (bicyclic) bond motifs is 12. The second-order valence-electron chi connectivity index (χ2n) is 33.3. The van der Waals surface area contributed by atoms with Gasteiger partial charge < -0.3 is 22.1 Å². The van der Waals surface area contributed by atoms with Crippen LogP contribution in [0.15, 0.2) is 345 Å². The SMILES string of the molecule is c1cc2oc3ccc4ccc5cc[n+]6c5c4c3c2n(c1)C6.c1cc2oc3ccc4ccc5cc[n+]6c5c4c3c2n(c1)C6.c1ccc2c(c1)c1ccc3ccc4oc5ccc[n+]6c5c4c3c1n2C6.c1ccc2c(c1)c1ccc3oc4ccc[n+]5c4c3c1c1c2c2ccccc2n1C5.c1ccc2c(c1)c1ccc3oc4cccn5c4c3c1c1c2cc[n+]1C5. The van der Waals surface area contributed by atoms with Gasteiger partial charge >= 0.3 is 0 Å². The minimum atomic E-state index is 0.776. The fourth-order valence-electron chi connectivity index (χ4n) is 22.5. The van der Waals surface area contributed by atoms with E-state index in [2.05, 4.69) is 368 Å². The van der Waals surface area contributed by atoms with Crippen molar-refractivity contribution in [1.82, 2.24) is 22.8 Å². The molecule has 0 unspecified atom stereocenters. The lowest BCUT2D eigenvalue weighted by atomic mass is 9.95. The highest BCUT2D eigenvalue weighted by Crippen LogP contribution is 2.50. The summed E-state index contributed by atoms with van der Waals surface area (Å²) < 4.78 is 54.2. The van der Waals surface area contributed by atoms with Crippen LogP contribution in [0.1, 0.15) is 0 Å². The van der Waals surface area contributed by atoms with Crippen molar-refractivity contribution in [3.63, 3.8) is 0 Å². The fourth-order valence-corrected chi connectivity index (χ4v) is 22.5. The summed E-state index contributed by atoms with van der Waals surface area (Å²) in [6.45, 7) is 4.02. The first-order valence-corrected chi connectivity index (χ1v) is 41.4. The van der Waals surface area contributed by atoms with E-state index >= 15 is 0 Å². The molecule has 0 radical (unpaired) electrons. The minimum absolute atomic E-state index is 0.776. The molecular formula is C106H63N10O5+5. The van der Waals surface area contributed by atoms with Crippen molar-refractivity contribution in [3.05, 3.63) is 323 Å². The van der Waals surface area contributed by atoms with Crippen LogP contribution in [-0.2, 0) is 33.3 Å². The zero-order valence-corrected chi connectivity index (χ0v) is 64.6. The highest BCUT2D eigenvalue weighted by atomic mass is 16.3. The molecule has 0 spiro atoms. The Morgan fingerprint density at radius 2 is 0.554 bits per heavy atom. The fraction of sp³-hybridized carbons (Fsp3) is 0.0472. The van der Waals surface area contributed by atoms with Gasteiger partial charge in [0, 0.05) is 81.2 Å². The highest BCUT2D eigenvalue weighted by molar-refractivity contribution is 6.39. The van der Waals surface area contributed by atoms with Gasteiger partial charge in [0.05, 0.1) is 70.5 Å². The van der Waals surface area contributed by atoms with Gasteiger partial charge in [-0.25, -0.2) is 0 Å². The molecule has 14 aromatic carbocycles. The summed E-state index contributed by atoms with van der Waals surface area (Å²) in [6.07, 6.45) is 17.3. The lowest BCUT2D eigenvalue weighted by molar-refractivity contribution is -0.674. The molecule has 562 valence electrons. The van der Waals surface area contributed by atoms with E-state index in [9.17, 15) is 0 Å². The molecule has 34 rings (SSSR count). The first-order valence-electron chi connectivity index (χ1n) is 41.4. The van der Waals surface area contributed by atoms with Crippen molar-refractivity contribution < 1.29 is 44.9 Å². The Kier molecular flexibility index (Phi) is 11.8. The van der Waals surface area contributed by atoms with Crippen molar-refractivity contribution in [2.75, 3.05) is 0 Å². The second-order valence-corrected chi connectivity index (χ2v) is 33.3. The molecule has 5 aliphatic rings. The quantitative estimate of drug-likeness (QED) is 0.111. The third-order valence-corrected chi connectivity index (χ3v) is 27.3. The van der Waals surface area contributed by atoms with Crippen LogP contribution in [0, 0.1) is 0 Å². The molecule has 121 heavy (non-hydrogen) atoms. The van der Waals surface area contributed by atoms with Crippen molar-refractivity contribution >= 4 is 262 Å². The molecule has 0 atom stereocenters. The third-order valence-electron chi connectivity index (χ3n) is 27.3. The Bertz CT molecular complexity index is 9700. The van der Waals surface area contributed by atoms with Gasteiger partial charge in [-0.2, -0.15) is 22.8 Å². The largest absolute Gasteiger partial charge is 0.454 e. The van der Waals surface area contributed by atoms with E-state index in [1.54, 1.807) is 0 Å². The van der Waals surface area contributed by atoms with Gasteiger partial charge in [0.25, 0.3) is 11.0 Å². The van der Waals surface area contributed by atoms with Crippen molar-refractivity contribution in [1.29, 1.82) is 0 Å². The van der Waals surface area contributed by atoms with Gasteiger partial charge in [0.2, 0.25) is 49.9 Å². The smallest absolute Gasteiger partial charge is 0.261 e. The van der Waals surface area contributed by atoms with Crippen LogP contribution < -0.4 is 22.8 Å². The molecule has 5 aliphatic heterocycles. The Morgan fingerprint density at radius 1 is 0.182 bits per heavy atom. The summed E-state index contributed by atoms with van der Waals surface area (Å²) >= 11 is 0. The number of para-hydroxylation sites is 2. The molecule has 0 fully saturated rings. The van der Waals surface area contributed by atoms with E-state index in [0.717, 1.165) is 89.2 Å². The first-order chi connectivity index (χ1) is 60.0. The number of furan rings is 5. The van der Waals surface area contributed by atoms with Crippen molar-refractivity contribution in [2.45, 2.75) is 33.3 Å². The molecule has 0 N–H and O–H groups in total. The van der Waals surface area contributed by atoms with E-state index in [0.29, 0.717) is 0 Å². The normalized spacial score (nSPS) is 13.5. The van der Waals surface area contributed by atoms with Crippen LogP contribution in [0.5, 0.6) is 0 Å². The Labute approximate surface area is 681 Å². The number of rotatable bonds is 0. The van der Waals surface area contributed by atoms with E-state index in [4.69, 9.17) is 22.1 Å². The second kappa shape index (κ2) is 22.5. The van der Waals surface area contributed by atoms with Gasteiger partial charge in [0.1, 0.15) is 55.2 Å². The minimum Gasteiger partial charge on any atom is -0.454 e. The maximum atomic E-state index is 6.28. The summed E-state index contributed by atoms with van der Waals surface area (Å²) in [4.78, 5) is 0. The molecule has 29 aromatic rings. The standard InChI is InChI=1S/C26H15N2O.2C22H13N2O.2C18H11N2O/c1-2-7-16-15(6-1)17-11-12-20-24-23(17)26-22(16)18-8-3-4-9-19(18)28(26)14-27-13-5-10-21(29-20)25(24)27;1-2-5-16-14(4-1)15-9-7-13-8-10-17-20-19(13)21(15)24(16)12-23-11-3-6-18(25-17)22(20)23;1-2-5-14-13(4-1)15-7-8-17-20-19(15)21-16(14)9-11-24(21)12-23-10-3-6-18(25-17)22(20)23;2*1-2-14-18-16-13(21-14)6-5-11-3-4-12-7-9-20(10-19(18)8-1)17(12)15(11)16/h1-13H,14H2;2*1-11H,12H2;2*1-9H,10H2/q5*+1. The van der Waals surface area contributed by atoms with Crippen LogP contribution >= 0.6 is 0 Å². The number of pyridine rings is 5. The average molecular weight is 1560 g/mol. The molecule has 20 heterocycles. The molecule has 15 nitrogen and oxygen atoms in total. The predicted octanol–water partition coefficient (Wildman–Crippen LogP) is 23.6. The van der Waals surface area contributed by atoms with Crippen LogP contribution in [0.3, 0.4) is 0 Å². The lowest BCUT2D eigenvalue weighted by Gasteiger charge is -2.09. The van der Waals surface area contributed by atoms with E-state index in [1.165, 1.54) is 206 Å². The van der Waals surface area contributed by atoms with Gasteiger partial charge in [-0.05, 0) is 164 Å². The molecule has 15 aromatic heterocycles. The molecule has 0 bridgehead atoms. The van der Waals surface area contributed by atoms with Gasteiger partial charge in [-0.3, -0.25) is 22.8 Å². The van der Waals surface area contributed by atoms with E-state index < -0.39 is 0 Å². The Hall–Kier alpha value is -16.1. The topological polar surface area (TPSA) is 110 Å². The summed E-state index contributed by atoms with van der Waals surface area (Å²) in [5.41, 5.74) is 24.7. The molecule has 0 aliphatic carbocycles. The van der Waals surface area contributed by atoms with Crippen LogP contribution in [0.25, 0.3) is 262 Å². The van der Waals surface area contributed by atoms with E-state index in [-0.39, 0.29) is 0 Å². The summed E-state index contributed by atoms with van der Waals surface area (Å²) in [7, 11) is 0. The maximum Gasteiger partial charge on any atom is 0.261 e. The van der Waals surface area contributed by atoms with Crippen LogP contribution in [-0.4, -0.2) is 22.8 Å². The monoisotopic (exact) mass is 1560 g/mol. The zero-order valence-electron chi connectivity index (χ0n) is 64.6. The van der Waals surface area contributed by atoms with Gasteiger partial charge in [-0.15, -0.1) is 0 Å². The van der Waals surface area contributed by atoms with Crippen LogP contribution in [0.2, 0.25) is 0 Å². The number of aromatic nitrogens is 10. The molecule has 0 saturated carbocycles. The predicted molar refractivity (Wildman–Crippen MR) is 482 cm³/mol. The highest BCUT2D eigenvalue weighted by Gasteiger charge is 2.34. The lowest BCUT2D eigenvalue weighted by Crippen LogP contribution is -2.36. The van der Waals surface area contributed by atoms with Crippen molar-refractivity contribution in [3.8, 4) is 0 Å². The third kappa shape index (κ3) is 8.10. The number of nitrogens with zero attached hydrogens (tertiary/aromatic N) is 10. The average Bonchev–Trinajstić information content (AvgIpc) is 1.53. The molecular weight excluding hydrogens is 1490 g/mol. The molecule has 15 heteroatoms. The summed E-state index contributed by atoms with van der Waals surface area (Å²) in [6, 6.07) is 97.1. The van der Waals surface area contributed by atoms with Gasteiger partial charge in [0.15, 0.2) is 58.9 Å².